The molecule has 26 heavy (non-hydrogen) atoms. The molecule has 1 atom stereocenters. The van der Waals surface area contributed by atoms with E-state index in [1.807, 2.05) is 47.5 Å². The van der Waals surface area contributed by atoms with E-state index in [9.17, 15) is 4.79 Å². The second kappa shape index (κ2) is 7.77. The molecule has 2 fully saturated rings. The molecule has 136 valence electrons. The highest BCUT2D eigenvalue weighted by Gasteiger charge is 2.29. The van der Waals surface area contributed by atoms with Gasteiger partial charge in [-0.25, -0.2) is 9.78 Å². The van der Waals surface area contributed by atoms with E-state index in [-0.39, 0.29) is 12.1 Å². The van der Waals surface area contributed by atoms with E-state index in [4.69, 9.17) is 4.74 Å². The Morgan fingerprint density at radius 1 is 1.12 bits per heavy atom. The van der Waals surface area contributed by atoms with Crippen molar-refractivity contribution in [3.05, 3.63) is 59.8 Å². The van der Waals surface area contributed by atoms with Gasteiger partial charge in [-0.05, 0) is 49.3 Å². The highest BCUT2D eigenvalue weighted by molar-refractivity contribution is 5.68. The van der Waals surface area contributed by atoms with Gasteiger partial charge in [0.05, 0.1) is 6.04 Å². The standard InChI is InChI=1S/C21H25N3O2/c25-21(26-15-16-6-2-1-3-7-16)24-13-5-4-8-19(24)17-9-12-20(22-14-17)23-18-10-11-18/h1-3,6-7,9,12,14,18-19H,4-5,8,10-11,13,15H2,(H,22,23)/t19-/m1/s1. The van der Waals surface area contributed by atoms with Crippen LogP contribution in [0.15, 0.2) is 48.7 Å². The van der Waals surface area contributed by atoms with Crippen LogP contribution >= 0.6 is 0 Å². The van der Waals surface area contributed by atoms with Crippen LogP contribution in [0.5, 0.6) is 0 Å². The molecular formula is C21H25N3O2. The lowest BCUT2D eigenvalue weighted by Gasteiger charge is -2.35. The van der Waals surface area contributed by atoms with Crippen molar-refractivity contribution in [2.45, 2.75) is 50.8 Å². The van der Waals surface area contributed by atoms with Crippen LogP contribution < -0.4 is 5.32 Å². The van der Waals surface area contributed by atoms with Crippen LogP contribution in [0.1, 0.15) is 49.3 Å². The highest BCUT2D eigenvalue weighted by atomic mass is 16.6. The Labute approximate surface area is 154 Å². The molecule has 1 aliphatic heterocycles. The number of ether oxygens (including phenoxy) is 1. The molecule has 4 rings (SSSR count). The first-order valence-corrected chi connectivity index (χ1v) is 9.49. The Balaban J connectivity index is 1.41. The Kier molecular flexibility index (Phi) is 5.04. The van der Waals surface area contributed by atoms with Gasteiger partial charge in [0.15, 0.2) is 0 Å². The zero-order valence-corrected chi connectivity index (χ0v) is 14.9. The number of carbonyl (C=O) groups is 1. The Hall–Kier alpha value is -2.56. The molecule has 0 radical (unpaired) electrons. The number of nitrogens with one attached hydrogen (secondary N) is 1. The number of piperidine rings is 1. The van der Waals surface area contributed by atoms with E-state index < -0.39 is 0 Å². The van der Waals surface area contributed by atoms with Crippen molar-refractivity contribution in [2.75, 3.05) is 11.9 Å². The van der Waals surface area contributed by atoms with Crippen molar-refractivity contribution in [2.24, 2.45) is 0 Å². The summed E-state index contributed by atoms with van der Waals surface area (Å²) in [6.45, 7) is 1.05. The molecule has 1 aromatic heterocycles. The number of amides is 1. The van der Waals surface area contributed by atoms with Crippen LogP contribution in [-0.4, -0.2) is 28.6 Å². The average Bonchev–Trinajstić information content (AvgIpc) is 3.52. The number of pyridine rings is 1. The fourth-order valence-corrected chi connectivity index (χ4v) is 3.42. The SMILES string of the molecule is O=C(OCc1ccccc1)N1CCCC[C@@H]1c1ccc(NC2CC2)nc1. The average molecular weight is 351 g/mol. The first-order chi connectivity index (χ1) is 12.8. The third-order valence-corrected chi connectivity index (χ3v) is 5.04. The number of benzene rings is 1. The van der Waals surface area contributed by atoms with Crippen molar-refractivity contribution >= 4 is 11.9 Å². The fraction of sp³-hybridized carbons (Fsp3) is 0.429. The van der Waals surface area contributed by atoms with Gasteiger partial charge in [0.1, 0.15) is 12.4 Å². The smallest absolute Gasteiger partial charge is 0.410 e. The molecule has 2 aliphatic rings. The van der Waals surface area contributed by atoms with Crippen LogP contribution in [0, 0.1) is 0 Å². The molecule has 0 bridgehead atoms. The number of hydrogen-bond acceptors (Lipinski definition) is 4. The van der Waals surface area contributed by atoms with Crippen molar-refractivity contribution in [3.8, 4) is 0 Å². The van der Waals surface area contributed by atoms with Crippen molar-refractivity contribution in [1.82, 2.24) is 9.88 Å². The van der Waals surface area contributed by atoms with Crippen LogP contribution in [0.25, 0.3) is 0 Å². The summed E-state index contributed by atoms with van der Waals surface area (Å²) in [6, 6.07) is 14.6. The second-order valence-corrected chi connectivity index (χ2v) is 7.14. The maximum Gasteiger partial charge on any atom is 0.410 e. The van der Waals surface area contributed by atoms with Crippen molar-refractivity contribution in [1.29, 1.82) is 0 Å². The van der Waals surface area contributed by atoms with Gasteiger partial charge in [-0.3, -0.25) is 0 Å². The van der Waals surface area contributed by atoms with E-state index >= 15 is 0 Å². The molecule has 1 amide bonds. The predicted molar refractivity (Wildman–Crippen MR) is 101 cm³/mol. The minimum Gasteiger partial charge on any atom is -0.445 e. The zero-order chi connectivity index (χ0) is 17.8. The summed E-state index contributed by atoms with van der Waals surface area (Å²) < 4.78 is 5.56. The van der Waals surface area contributed by atoms with Gasteiger partial charge in [0.25, 0.3) is 0 Å². The van der Waals surface area contributed by atoms with E-state index in [0.717, 1.165) is 42.8 Å². The summed E-state index contributed by atoms with van der Waals surface area (Å²) in [7, 11) is 0. The van der Waals surface area contributed by atoms with Crippen LogP contribution in [0.3, 0.4) is 0 Å². The number of carbonyl (C=O) groups excluding carboxylic acids is 1. The quantitative estimate of drug-likeness (QED) is 0.860. The lowest BCUT2D eigenvalue weighted by Crippen LogP contribution is -2.38. The van der Waals surface area contributed by atoms with Gasteiger partial charge in [-0.1, -0.05) is 36.4 Å². The van der Waals surface area contributed by atoms with Gasteiger partial charge in [-0.15, -0.1) is 0 Å². The summed E-state index contributed by atoms with van der Waals surface area (Å²) in [6.07, 6.45) is 7.22. The minimum atomic E-state index is -0.237. The Morgan fingerprint density at radius 2 is 1.96 bits per heavy atom. The maximum absolute atomic E-state index is 12.6. The number of aromatic nitrogens is 1. The largest absolute Gasteiger partial charge is 0.445 e. The van der Waals surface area contributed by atoms with Crippen LogP contribution in [-0.2, 0) is 11.3 Å². The van der Waals surface area contributed by atoms with Crippen LogP contribution in [0.4, 0.5) is 10.6 Å². The maximum atomic E-state index is 12.6. The summed E-state index contributed by atoms with van der Waals surface area (Å²) in [5, 5.41) is 3.40. The molecule has 0 spiro atoms. The first kappa shape index (κ1) is 16.9. The van der Waals surface area contributed by atoms with Crippen LogP contribution in [0.2, 0.25) is 0 Å². The second-order valence-electron chi connectivity index (χ2n) is 7.14. The van der Waals surface area contributed by atoms with E-state index in [2.05, 4.69) is 16.4 Å². The van der Waals surface area contributed by atoms with E-state index in [1.165, 1.54) is 12.8 Å². The number of anilines is 1. The monoisotopic (exact) mass is 351 g/mol. The number of rotatable bonds is 5. The van der Waals surface area contributed by atoms with Gasteiger partial charge in [0, 0.05) is 18.8 Å². The van der Waals surface area contributed by atoms with Gasteiger partial charge >= 0.3 is 6.09 Å². The Morgan fingerprint density at radius 3 is 2.69 bits per heavy atom. The zero-order valence-electron chi connectivity index (χ0n) is 14.9. The summed E-state index contributed by atoms with van der Waals surface area (Å²) in [4.78, 5) is 19.0. The minimum absolute atomic E-state index is 0.0505. The third-order valence-electron chi connectivity index (χ3n) is 5.04. The molecule has 0 unspecified atom stereocenters. The topological polar surface area (TPSA) is 54.5 Å². The van der Waals surface area contributed by atoms with Crippen molar-refractivity contribution in [3.63, 3.8) is 0 Å². The molecule has 2 aromatic rings. The predicted octanol–water partition coefficient (Wildman–Crippen LogP) is 4.52. The third kappa shape index (κ3) is 4.15. The lowest BCUT2D eigenvalue weighted by atomic mass is 9.97. The van der Waals surface area contributed by atoms with E-state index in [1.54, 1.807) is 0 Å². The number of hydrogen-bond donors (Lipinski definition) is 1. The molecule has 1 N–H and O–H groups in total. The molecule has 5 heteroatoms. The molecule has 1 saturated heterocycles. The first-order valence-electron chi connectivity index (χ1n) is 9.49. The summed E-state index contributed by atoms with van der Waals surface area (Å²) in [5.74, 6) is 0.922. The van der Waals surface area contributed by atoms with Gasteiger partial charge < -0.3 is 15.0 Å². The summed E-state index contributed by atoms with van der Waals surface area (Å²) in [5.41, 5.74) is 2.09. The molecule has 1 aromatic carbocycles. The molecule has 2 heterocycles. The summed E-state index contributed by atoms with van der Waals surface area (Å²) >= 11 is 0. The van der Waals surface area contributed by atoms with E-state index in [0.29, 0.717) is 12.6 Å². The molecule has 5 nitrogen and oxygen atoms in total. The van der Waals surface area contributed by atoms with Gasteiger partial charge in [0.2, 0.25) is 0 Å². The molecular weight excluding hydrogens is 326 g/mol. The van der Waals surface area contributed by atoms with Crippen molar-refractivity contribution < 1.29 is 9.53 Å². The normalized spacial score (nSPS) is 19.8. The molecule has 1 aliphatic carbocycles. The van der Waals surface area contributed by atoms with Gasteiger partial charge in [-0.2, -0.15) is 0 Å². The molecule has 1 saturated carbocycles. The number of likely N-dealkylation sites (tertiary alicyclic amines) is 1. The number of nitrogens with zero attached hydrogens (tertiary/aromatic N) is 2. The fourth-order valence-electron chi connectivity index (χ4n) is 3.42. The lowest BCUT2D eigenvalue weighted by molar-refractivity contribution is 0.0678. The highest BCUT2D eigenvalue weighted by Crippen LogP contribution is 2.32. The Bertz CT molecular complexity index is 729.